The predicted molar refractivity (Wildman–Crippen MR) is 63.5 cm³/mol. The number of pyridine rings is 1. The fourth-order valence-corrected chi connectivity index (χ4v) is 2.53. The summed E-state index contributed by atoms with van der Waals surface area (Å²) in [4.78, 5) is 3.98. The molecule has 1 aromatic heterocycles. The molecular formula is C14H10F3NO. The highest BCUT2D eigenvalue weighted by Gasteiger charge is 2.61. The van der Waals surface area contributed by atoms with Gasteiger partial charge in [-0.1, -0.05) is 29.8 Å². The molecule has 3 rings (SSSR count). The van der Waals surface area contributed by atoms with E-state index < -0.39 is 11.8 Å². The summed E-state index contributed by atoms with van der Waals surface area (Å²) in [5.41, 5.74) is -2.14. The average molecular weight is 265 g/mol. The van der Waals surface area contributed by atoms with Gasteiger partial charge in [0.15, 0.2) is 0 Å². The van der Waals surface area contributed by atoms with E-state index in [1.54, 1.807) is 19.1 Å². The molecule has 5 heteroatoms. The molecule has 0 spiro atoms. The molecule has 19 heavy (non-hydrogen) atoms. The molecule has 1 unspecified atom stereocenters. The van der Waals surface area contributed by atoms with Gasteiger partial charge in [0.1, 0.15) is 0 Å². The van der Waals surface area contributed by atoms with Gasteiger partial charge in [-0.2, -0.15) is 13.2 Å². The number of halogens is 3. The Morgan fingerprint density at radius 1 is 1.16 bits per heavy atom. The van der Waals surface area contributed by atoms with Crippen molar-refractivity contribution < 1.29 is 18.3 Å². The number of rotatable bonds is 0. The third-order valence-corrected chi connectivity index (χ3v) is 3.43. The van der Waals surface area contributed by atoms with Gasteiger partial charge in [-0.3, -0.25) is 4.98 Å². The molecule has 1 aliphatic rings. The summed E-state index contributed by atoms with van der Waals surface area (Å²) < 4.78 is 40.1. The van der Waals surface area contributed by atoms with Crippen LogP contribution in [0.4, 0.5) is 13.2 Å². The molecule has 1 heterocycles. The van der Waals surface area contributed by atoms with E-state index >= 15 is 0 Å². The Hall–Kier alpha value is -1.88. The third-order valence-electron chi connectivity index (χ3n) is 3.43. The Morgan fingerprint density at radius 2 is 1.89 bits per heavy atom. The molecule has 0 saturated carbocycles. The lowest BCUT2D eigenvalue weighted by Gasteiger charge is -2.28. The molecule has 0 saturated heterocycles. The maximum atomic E-state index is 13.4. The first-order valence-electron chi connectivity index (χ1n) is 5.72. The largest absolute Gasteiger partial charge is 0.425 e. The fourth-order valence-electron chi connectivity index (χ4n) is 2.53. The number of benzene rings is 1. The first-order chi connectivity index (χ1) is 8.85. The molecule has 0 fully saturated rings. The highest BCUT2D eigenvalue weighted by atomic mass is 19.4. The Balaban J connectivity index is 2.42. The molecule has 0 bridgehead atoms. The number of hydrogen-bond acceptors (Lipinski definition) is 2. The van der Waals surface area contributed by atoms with Crippen LogP contribution in [0.25, 0.3) is 11.3 Å². The molecule has 2 aromatic rings. The Labute approximate surface area is 107 Å². The summed E-state index contributed by atoms with van der Waals surface area (Å²) in [7, 11) is 0. The number of aromatic nitrogens is 1. The van der Waals surface area contributed by atoms with E-state index in [4.69, 9.17) is 0 Å². The normalized spacial score (nSPS) is 21.1. The van der Waals surface area contributed by atoms with Crippen molar-refractivity contribution in [3.63, 3.8) is 0 Å². The summed E-state index contributed by atoms with van der Waals surface area (Å²) in [6.45, 7) is 1.69. The first kappa shape index (κ1) is 12.2. The van der Waals surface area contributed by atoms with Crippen molar-refractivity contribution in [1.29, 1.82) is 0 Å². The predicted octanol–water partition coefficient (Wildman–Crippen LogP) is 3.17. The number of nitrogens with zero attached hydrogens (tertiary/aromatic N) is 1. The van der Waals surface area contributed by atoms with Crippen molar-refractivity contribution in [2.24, 2.45) is 0 Å². The lowest BCUT2D eigenvalue weighted by Crippen LogP contribution is -2.41. The second-order valence-corrected chi connectivity index (χ2v) is 4.66. The highest BCUT2D eigenvalue weighted by molar-refractivity contribution is 5.77. The number of fused-ring (bicyclic) bond motifs is 3. The number of hydrogen-bond donors (Lipinski definition) is 1. The van der Waals surface area contributed by atoms with Crippen LogP contribution in [0.5, 0.6) is 0 Å². The standard InChI is InChI=1S/C14H10F3NO/c1-8-4-5-9-11(7-8)13(19,14(15,16)17)10-3-2-6-18-12(9)10/h2-7,19H,1H3. The molecule has 2 nitrogen and oxygen atoms in total. The minimum absolute atomic E-state index is 0.145. The van der Waals surface area contributed by atoms with Crippen LogP contribution in [0.1, 0.15) is 16.7 Å². The second-order valence-electron chi connectivity index (χ2n) is 4.66. The zero-order valence-corrected chi connectivity index (χ0v) is 9.99. The zero-order chi connectivity index (χ0) is 13.8. The summed E-state index contributed by atoms with van der Waals surface area (Å²) in [5.74, 6) is 0. The Bertz CT molecular complexity index is 666. The monoisotopic (exact) mass is 265 g/mol. The van der Waals surface area contributed by atoms with Crippen LogP contribution in [-0.2, 0) is 5.60 Å². The van der Waals surface area contributed by atoms with Crippen LogP contribution < -0.4 is 0 Å². The topological polar surface area (TPSA) is 33.1 Å². The van der Waals surface area contributed by atoms with Gasteiger partial charge in [-0.25, -0.2) is 0 Å². The van der Waals surface area contributed by atoms with Crippen LogP contribution in [0.15, 0.2) is 36.5 Å². The van der Waals surface area contributed by atoms with Crippen molar-refractivity contribution in [3.05, 3.63) is 53.2 Å². The third kappa shape index (κ3) is 1.45. The summed E-state index contributed by atoms with van der Waals surface area (Å²) >= 11 is 0. The van der Waals surface area contributed by atoms with Crippen LogP contribution in [0, 0.1) is 6.92 Å². The number of aliphatic hydroxyl groups is 1. The molecule has 0 radical (unpaired) electrons. The van der Waals surface area contributed by atoms with Crippen molar-refractivity contribution in [3.8, 4) is 11.3 Å². The molecule has 1 atom stereocenters. The van der Waals surface area contributed by atoms with Gasteiger partial charge in [0.05, 0.1) is 5.69 Å². The maximum Gasteiger partial charge on any atom is 0.425 e. The minimum atomic E-state index is -4.79. The van der Waals surface area contributed by atoms with Crippen LogP contribution in [0.3, 0.4) is 0 Å². The first-order valence-corrected chi connectivity index (χ1v) is 5.72. The lowest BCUT2D eigenvalue weighted by atomic mass is 9.90. The van der Waals surface area contributed by atoms with E-state index in [2.05, 4.69) is 4.98 Å². The Kier molecular flexibility index (Phi) is 2.29. The van der Waals surface area contributed by atoms with Gasteiger partial charge in [0.2, 0.25) is 5.60 Å². The smallest absolute Gasteiger partial charge is 0.372 e. The molecule has 0 aliphatic heterocycles. The van der Waals surface area contributed by atoms with Gasteiger partial charge in [0.25, 0.3) is 0 Å². The van der Waals surface area contributed by atoms with Crippen LogP contribution in [0.2, 0.25) is 0 Å². The van der Waals surface area contributed by atoms with Crippen molar-refractivity contribution in [1.82, 2.24) is 4.98 Å². The Morgan fingerprint density at radius 3 is 2.58 bits per heavy atom. The quantitative estimate of drug-likeness (QED) is 0.793. The van der Waals surface area contributed by atoms with Crippen LogP contribution in [-0.4, -0.2) is 16.3 Å². The van der Waals surface area contributed by atoms with Gasteiger partial charge in [-0.15, -0.1) is 0 Å². The maximum absolute atomic E-state index is 13.4. The molecule has 98 valence electrons. The van der Waals surface area contributed by atoms with E-state index in [-0.39, 0.29) is 16.8 Å². The molecular weight excluding hydrogens is 255 g/mol. The highest BCUT2D eigenvalue weighted by Crippen LogP contribution is 2.54. The van der Waals surface area contributed by atoms with Crippen molar-refractivity contribution >= 4 is 0 Å². The summed E-state index contributed by atoms with van der Waals surface area (Å²) in [6.07, 6.45) is -3.37. The second kappa shape index (κ2) is 3.57. The minimum Gasteiger partial charge on any atom is -0.372 e. The van der Waals surface area contributed by atoms with Crippen LogP contribution >= 0.6 is 0 Å². The van der Waals surface area contributed by atoms with Gasteiger partial charge in [0, 0.05) is 22.9 Å². The summed E-state index contributed by atoms with van der Waals surface area (Å²) in [6, 6.07) is 7.31. The van der Waals surface area contributed by atoms with Gasteiger partial charge in [-0.05, 0) is 13.0 Å². The van der Waals surface area contributed by atoms with E-state index in [0.29, 0.717) is 11.1 Å². The molecule has 1 aliphatic carbocycles. The van der Waals surface area contributed by atoms with Gasteiger partial charge < -0.3 is 5.11 Å². The molecule has 0 amide bonds. The number of alkyl halides is 3. The van der Waals surface area contributed by atoms with Crippen molar-refractivity contribution in [2.45, 2.75) is 18.7 Å². The summed E-state index contributed by atoms with van der Waals surface area (Å²) in [5, 5.41) is 10.3. The molecule has 1 N–H and O–H groups in total. The van der Waals surface area contributed by atoms with E-state index in [0.717, 1.165) is 0 Å². The van der Waals surface area contributed by atoms with E-state index in [9.17, 15) is 18.3 Å². The lowest BCUT2D eigenvalue weighted by molar-refractivity contribution is -0.246. The SMILES string of the molecule is Cc1ccc2c(c1)C(O)(C(F)(F)F)c1cccnc1-2. The number of aryl methyl sites for hydroxylation is 1. The molecule has 1 aromatic carbocycles. The fraction of sp³-hybridized carbons (Fsp3) is 0.214. The average Bonchev–Trinajstić information content (AvgIpc) is 2.61. The van der Waals surface area contributed by atoms with Crippen molar-refractivity contribution in [2.75, 3.05) is 0 Å². The zero-order valence-electron chi connectivity index (χ0n) is 9.99. The van der Waals surface area contributed by atoms with E-state index in [1.807, 2.05) is 0 Å². The van der Waals surface area contributed by atoms with Gasteiger partial charge >= 0.3 is 6.18 Å². The van der Waals surface area contributed by atoms with E-state index in [1.165, 1.54) is 24.4 Å².